The molecule has 1 saturated heterocycles. The first kappa shape index (κ1) is 22.6. The molecule has 168 valence electrons. The van der Waals surface area contributed by atoms with Gasteiger partial charge >= 0.3 is 0 Å². The molecule has 2 aromatic carbocycles. The van der Waals surface area contributed by atoms with Crippen LogP contribution in [0.15, 0.2) is 64.5 Å². The molecule has 1 amide bonds. The summed E-state index contributed by atoms with van der Waals surface area (Å²) in [6.07, 6.45) is 1.77. The minimum Gasteiger partial charge on any atom is -0.372 e. The predicted molar refractivity (Wildman–Crippen MR) is 128 cm³/mol. The highest BCUT2D eigenvalue weighted by atomic mass is 32.2. The number of hydrogen-bond donors (Lipinski definition) is 0. The van der Waals surface area contributed by atoms with Gasteiger partial charge in [0, 0.05) is 19.6 Å². The molecule has 6 nitrogen and oxygen atoms in total. The average molecular weight is 452 g/mol. The minimum absolute atomic E-state index is 0.0302. The van der Waals surface area contributed by atoms with E-state index in [1.165, 1.54) is 17.3 Å². The number of thioether (sulfide) groups is 1. The maximum absolute atomic E-state index is 13.2. The van der Waals surface area contributed by atoms with E-state index in [-0.39, 0.29) is 29.4 Å². The number of carbonyl (C=O) groups is 1. The highest BCUT2D eigenvalue weighted by Crippen LogP contribution is 2.20. The fourth-order valence-corrected chi connectivity index (χ4v) is 5.07. The molecule has 2 unspecified atom stereocenters. The van der Waals surface area contributed by atoms with Crippen molar-refractivity contribution in [2.75, 3.05) is 18.8 Å². The maximum Gasteiger partial charge on any atom is 0.262 e. The van der Waals surface area contributed by atoms with Crippen LogP contribution < -0.4 is 5.56 Å². The number of aromatic nitrogens is 2. The molecular formula is C25H29N3O3S. The van der Waals surface area contributed by atoms with Gasteiger partial charge in [-0.3, -0.25) is 14.2 Å². The van der Waals surface area contributed by atoms with Gasteiger partial charge in [-0.05, 0) is 44.4 Å². The van der Waals surface area contributed by atoms with Crippen molar-refractivity contribution in [1.82, 2.24) is 14.5 Å². The van der Waals surface area contributed by atoms with Crippen molar-refractivity contribution in [3.63, 3.8) is 0 Å². The lowest BCUT2D eigenvalue weighted by molar-refractivity contribution is -0.140. The summed E-state index contributed by atoms with van der Waals surface area (Å²) in [4.78, 5) is 32.7. The number of amides is 1. The van der Waals surface area contributed by atoms with Gasteiger partial charge < -0.3 is 9.64 Å². The summed E-state index contributed by atoms with van der Waals surface area (Å²) in [5.41, 5.74) is 1.86. The zero-order chi connectivity index (χ0) is 22.5. The Hall–Kier alpha value is -2.64. The van der Waals surface area contributed by atoms with Gasteiger partial charge in [-0.15, -0.1) is 0 Å². The first-order valence-electron chi connectivity index (χ1n) is 11.1. The van der Waals surface area contributed by atoms with Crippen LogP contribution in [-0.4, -0.2) is 51.4 Å². The molecule has 7 heteroatoms. The number of rotatable bonds is 7. The topological polar surface area (TPSA) is 64.4 Å². The Balaban J connectivity index is 1.52. The molecule has 0 aliphatic carbocycles. The van der Waals surface area contributed by atoms with Gasteiger partial charge in [-0.25, -0.2) is 4.98 Å². The van der Waals surface area contributed by atoms with Crippen molar-refractivity contribution in [2.45, 2.75) is 50.6 Å². The van der Waals surface area contributed by atoms with Crippen LogP contribution in [0.3, 0.4) is 0 Å². The summed E-state index contributed by atoms with van der Waals surface area (Å²) in [5.74, 6) is 0.304. The lowest BCUT2D eigenvalue weighted by atomic mass is 10.1. The summed E-state index contributed by atoms with van der Waals surface area (Å²) in [5, 5.41) is 1.21. The van der Waals surface area contributed by atoms with Gasteiger partial charge in [0.15, 0.2) is 5.16 Å². The van der Waals surface area contributed by atoms with E-state index in [0.717, 1.165) is 12.8 Å². The second-order valence-electron chi connectivity index (χ2n) is 8.30. The lowest BCUT2D eigenvalue weighted by Gasteiger charge is -2.35. The van der Waals surface area contributed by atoms with E-state index < -0.39 is 0 Å². The average Bonchev–Trinajstić information content (AvgIpc) is 2.79. The summed E-state index contributed by atoms with van der Waals surface area (Å²) >= 11 is 1.35. The molecule has 0 N–H and O–H groups in total. The summed E-state index contributed by atoms with van der Waals surface area (Å²) in [6.45, 7) is 5.72. The van der Waals surface area contributed by atoms with Crippen LogP contribution in [0.4, 0.5) is 0 Å². The smallest absolute Gasteiger partial charge is 0.262 e. The monoisotopic (exact) mass is 451 g/mol. The van der Waals surface area contributed by atoms with Gasteiger partial charge in [0.25, 0.3) is 5.56 Å². The van der Waals surface area contributed by atoms with Crippen molar-refractivity contribution in [3.8, 4) is 0 Å². The number of fused-ring (bicyclic) bond motifs is 1. The first-order chi connectivity index (χ1) is 15.5. The van der Waals surface area contributed by atoms with Crippen LogP contribution in [0, 0.1) is 0 Å². The summed E-state index contributed by atoms with van der Waals surface area (Å²) in [7, 11) is 0. The van der Waals surface area contributed by atoms with E-state index in [1.54, 1.807) is 4.57 Å². The summed E-state index contributed by atoms with van der Waals surface area (Å²) in [6, 6.07) is 17.7. The van der Waals surface area contributed by atoms with Crippen LogP contribution >= 0.6 is 11.8 Å². The third-order valence-corrected chi connectivity index (χ3v) is 6.57. The Morgan fingerprint density at radius 2 is 1.75 bits per heavy atom. The Morgan fingerprint density at radius 1 is 1.06 bits per heavy atom. The van der Waals surface area contributed by atoms with Gasteiger partial charge in [-0.1, -0.05) is 54.2 Å². The second-order valence-corrected chi connectivity index (χ2v) is 9.24. The Bertz CT molecular complexity index is 1120. The Kier molecular flexibility index (Phi) is 7.27. The fourth-order valence-electron chi connectivity index (χ4n) is 4.14. The maximum atomic E-state index is 13.2. The van der Waals surface area contributed by atoms with Crippen molar-refractivity contribution < 1.29 is 9.53 Å². The van der Waals surface area contributed by atoms with Crippen molar-refractivity contribution >= 4 is 28.6 Å². The Labute approximate surface area is 192 Å². The largest absolute Gasteiger partial charge is 0.372 e. The van der Waals surface area contributed by atoms with Crippen molar-refractivity contribution in [1.29, 1.82) is 0 Å². The van der Waals surface area contributed by atoms with Gasteiger partial charge in [0.1, 0.15) is 0 Å². The lowest BCUT2D eigenvalue weighted by Crippen LogP contribution is -2.48. The van der Waals surface area contributed by atoms with Gasteiger partial charge in [0.05, 0.1) is 28.9 Å². The van der Waals surface area contributed by atoms with Crippen LogP contribution in [0.2, 0.25) is 0 Å². The van der Waals surface area contributed by atoms with Gasteiger partial charge in [-0.2, -0.15) is 0 Å². The second kappa shape index (κ2) is 10.3. The third-order valence-electron chi connectivity index (χ3n) is 5.61. The molecule has 1 fully saturated rings. The zero-order valence-corrected chi connectivity index (χ0v) is 19.4. The Morgan fingerprint density at radius 3 is 2.50 bits per heavy atom. The molecule has 0 spiro atoms. The quantitative estimate of drug-likeness (QED) is 0.404. The first-order valence-corrected chi connectivity index (χ1v) is 12.1. The number of benzene rings is 2. The normalized spacial score (nSPS) is 18.8. The summed E-state index contributed by atoms with van der Waals surface area (Å²) < 4.78 is 7.46. The number of para-hydroxylation sites is 1. The molecule has 0 saturated carbocycles. The van der Waals surface area contributed by atoms with E-state index in [1.807, 2.05) is 61.2 Å². The number of carbonyl (C=O) groups excluding carboxylic acids is 1. The molecule has 32 heavy (non-hydrogen) atoms. The minimum atomic E-state index is -0.0489. The standard InChI is InChI=1S/C25H29N3O3S/c1-18-15-27(16-19(2)31-18)23(29)17-32-25-26-22-13-7-6-12-21(22)24(30)28(25)14-8-11-20-9-4-3-5-10-20/h3-7,9-10,12-13,18-19H,8,11,14-17H2,1-2H3. The molecule has 1 aromatic heterocycles. The van der Waals surface area contributed by atoms with E-state index >= 15 is 0 Å². The number of nitrogens with zero attached hydrogens (tertiary/aromatic N) is 3. The molecule has 2 heterocycles. The van der Waals surface area contributed by atoms with Crippen LogP contribution in [0.25, 0.3) is 10.9 Å². The van der Waals surface area contributed by atoms with Gasteiger partial charge in [0.2, 0.25) is 5.91 Å². The van der Waals surface area contributed by atoms with E-state index in [0.29, 0.717) is 35.7 Å². The zero-order valence-electron chi connectivity index (χ0n) is 18.6. The molecule has 0 bridgehead atoms. The predicted octanol–water partition coefficient (Wildman–Crippen LogP) is 3.76. The van der Waals surface area contributed by atoms with Crippen LogP contribution in [0.5, 0.6) is 0 Å². The van der Waals surface area contributed by atoms with E-state index in [9.17, 15) is 9.59 Å². The molecule has 3 aromatic rings. The van der Waals surface area contributed by atoms with E-state index in [4.69, 9.17) is 9.72 Å². The molecule has 1 aliphatic heterocycles. The fraction of sp³-hybridized carbons (Fsp3) is 0.400. The molecule has 0 radical (unpaired) electrons. The number of morpholine rings is 1. The number of hydrogen-bond acceptors (Lipinski definition) is 5. The highest BCUT2D eigenvalue weighted by Gasteiger charge is 2.26. The highest BCUT2D eigenvalue weighted by molar-refractivity contribution is 7.99. The van der Waals surface area contributed by atoms with Crippen molar-refractivity contribution in [3.05, 3.63) is 70.5 Å². The number of ether oxygens (including phenoxy) is 1. The molecule has 1 aliphatic rings. The van der Waals surface area contributed by atoms with Crippen molar-refractivity contribution in [2.24, 2.45) is 0 Å². The van der Waals surface area contributed by atoms with Crippen LogP contribution in [0.1, 0.15) is 25.8 Å². The van der Waals surface area contributed by atoms with Crippen LogP contribution in [-0.2, 0) is 22.5 Å². The van der Waals surface area contributed by atoms with E-state index in [2.05, 4.69) is 12.1 Å². The number of aryl methyl sites for hydroxylation is 1. The molecule has 2 atom stereocenters. The molecular weight excluding hydrogens is 422 g/mol. The third kappa shape index (κ3) is 5.40. The SMILES string of the molecule is CC1CN(C(=O)CSc2nc3ccccc3c(=O)n2CCCc2ccccc2)CC(C)O1. The molecule has 4 rings (SSSR count).